The van der Waals surface area contributed by atoms with Crippen LogP contribution in [0.15, 0.2) is 30.0 Å². The van der Waals surface area contributed by atoms with Crippen molar-refractivity contribution in [2.75, 3.05) is 5.32 Å². The summed E-state index contributed by atoms with van der Waals surface area (Å²) in [7, 11) is 0. The van der Waals surface area contributed by atoms with Gasteiger partial charge in [-0.25, -0.2) is 0 Å². The van der Waals surface area contributed by atoms with E-state index < -0.39 is 17.6 Å². The third-order valence-corrected chi connectivity index (χ3v) is 3.98. The first-order valence-corrected chi connectivity index (χ1v) is 7.87. The van der Waals surface area contributed by atoms with Crippen molar-refractivity contribution in [3.8, 4) is 6.07 Å². The summed E-state index contributed by atoms with van der Waals surface area (Å²) in [5.41, 5.74) is -0.149. The Morgan fingerprint density at radius 1 is 1.46 bits per heavy atom. The minimum absolute atomic E-state index is 0.0707. The van der Waals surface area contributed by atoms with Crippen LogP contribution in [-0.4, -0.2) is 15.7 Å². The van der Waals surface area contributed by atoms with Crippen LogP contribution in [0.1, 0.15) is 23.7 Å². The third-order valence-electron chi connectivity index (χ3n) is 3.65. The predicted octanol–water partition coefficient (Wildman–Crippen LogP) is 4.43. The summed E-state index contributed by atoms with van der Waals surface area (Å²) in [5, 5.41) is 15.5. The van der Waals surface area contributed by atoms with Gasteiger partial charge in [-0.15, -0.1) is 0 Å². The van der Waals surface area contributed by atoms with E-state index >= 15 is 0 Å². The van der Waals surface area contributed by atoms with E-state index in [-0.39, 0.29) is 16.3 Å². The summed E-state index contributed by atoms with van der Waals surface area (Å²) in [6, 6.07) is 4.29. The Morgan fingerprint density at radius 3 is 2.69 bits per heavy atom. The number of aryl methyl sites for hydroxylation is 1. The highest BCUT2D eigenvalue weighted by Gasteiger charge is 2.31. The minimum Gasteiger partial charge on any atom is -0.320 e. The normalized spacial score (nSPS) is 12.0. The number of amides is 1. The van der Waals surface area contributed by atoms with Crippen LogP contribution in [0.3, 0.4) is 0 Å². The molecule has 5 nitrogen and oxygen atoms in total. The van der Waals surface area contributed by atoms with Crippen LogP contribution in [-0.2, 0) is 17.5 Å². The van der Waals surface area contributed by atoms with Gasteiger partial charge in [-0.3, -0.25) is 9.48 Å². The number of carbonyl (C=O) groups excluding carboxylic acids is 1. The molecule has 0 saturated heterocycles. The second-order valence-electron chi connectivity index (χ2n) is 5.32. The van der Waals surface area contributed by atoms with Crippen LogP contribution >= 0.6 is 11.6 Å². The van der Waals surface area contributed by atoms with Crippen molar-refractivity contribution in [1.82, 2.24) is 9.78 Å². The van der Waals surface area contributed by atoms with Crippen molar-refractivity contribution in [2.45, 2.75) is 26.6 Å². The molecule has 9 heteroatoms. The molecule has 26 heavy (non-hydrogen) atoms. The SMILES string of the molecule is CCn1ncc(C=C(C#N)C(=O)Nc2cc(C(F)(F)F)ccc2Cl)c1C. The Balaban J connectivity index is 2.32. The summed E-state index contributed by atoms with van der Waals surface area (Å²) in [5.74, 6) is -0.864. The first-order chi connectivity index (χ1) is 12.2. The second kappa shape index (κ2) is 7.62. The van der Waals surface area contributed by atoms with Crippen LogP contribution in [0.2, 0.25) is 5.02 Å². The molecule has 0 aliphatic heterocycles. The van der Waals surface area contributed by atoms with Crippen molar-refractivity contribution in [1.29, 1.82) is 5.26 Å². The first-order valence-electron chi connectivity index (χ1n) is 7.49. The van der Waals surface area contributed by atoms with Gasteiger partial charge in [-0.05, 0) is 38.1 Å². The Hall–Kier alpha value is -2.79. The molecule has 1 aromatic carbocycles. The van der Waals surface area contributed by atoms with E-state index in [1.807, 2.05) is 6.92 Å². The zero-order chi connectivity index (χ0) is 19.5. The Bertz CT molecular complexity index is 910. The van der Waals surface area contributed by atoms with E-state index in [0.29, 0.717) is 12.1 Å². The monoisotopic (exact) mass is 382 g/mol. The maximum absolute atomic E-state index is 12.8. The van der Waals surface area contributed by atoms with Gasteiger partial charge in [-0.2, -0.15) is 23.5 Å². The van der Waals surface area contributed by atoms with Gasteiger partial charge in [0, 0.05) is 17.8 Å². The smallest absolute Gasteiger partial charge is 0.320 e. The summed E-state index contributed by atoms with van der Waals surface area (Å²) in [4.78, 5) is 12.3. The van der Waals surface area contributed by atoms with E-state index in [1.54, 1.807) is 17.7 Å². The molecule has 0 spiro atoms. The number of hydrogen-bond donors (Lipinski definition) is 1. The fourth-order valence-corrected chi connectivity index (χ4v) is 2.38. The Kier molecular flexibility index (Phi) is 5.73. The highest BCUT2D eigenvalue weighted by molar-refractivity contribution is 6.34. The molecule has 2 rings (SSSR count). The molecular formula is C17H14ClF3N4O. The van der Waals surface area contributed by atoms with Gasteiger partial charge in [0.1, 0.15) is 11.6 Å². The lowest BCUT2D eigenvalue weighted by atomic mass is 10.1. The van der Waals surface area contributed by atoms with Crippen LogP contribution in [0.25, 0.3) is 6.08 Å². The molecule has 1 heterocycles. The minimum atomic E-state index is -4.58. The number of aromatic nitrogens is 2. The number of carbonyl (C=O) groups is 1. The molecule has 0 radical (unpaired) electrons. The molecule has 0 fully saturated rings. The molecule has 0 bridgehead atoms. The number of nitrogens with zero attached hydrogens (tertiary/aromatic N) is 3. The van der Waals surface area contributed by atoms with Crippen molar-refractivity contribution in [3.63, 3.8) is 0 Å². The molecule has 0 aliphatic rings. The standard InChI is InChI=1S/C17H14ClF3N4O/c1-3-25-10(2)12(9-23-25)6-11(8-22)16(26)24-15-7-13(17(19,20)21)4-5-14(15)18/h4-7,9H,3H2,1-2H3,(H,24,26). The van der Waals surface area contributed by atoms with E-state index in [9.17, 15) is 23.2 Å². The summed E-state index contributed by atoms with van der Waals surface area (Å²) in [6.45, 7) is 4.29. The van der Waals surface area contributed by atoms with Gasteiger partial charge >= 0.3 is 6.18 Å². The Labute approximate surface area is 152 Å². The number of rotatable bonds is 4. The van der Waals surface area contributed by atoms with E-state index in [1.165, 1.54) is 12.3 Å². The molecule has 136 valence electrons. The summed E-state index contributed by atoms with van der Waals surface area (Å²) >= 11 is 5.85. The van der Waals surface area contributed by atoms with Crippen LogP contribution in [0.5, 0.6) is 0 Å². The fourth-order valence-electron chi connectivity index (χ4n) is 2.21. The van der Waals surface area contributed by atoms with Gasteiger partial charge in [-0.1, -0.05) is 11.6 Å². The lowest BCUT2D eigenvalue weighted by molar-refractivity contribution is -0.137. The second-order valence-corrected chi connectivity index (χ2v) is 5.72. The van der Waals surface area contributed by atoms with Crippen LogP contribution in [0, 0.1) is 18.3 Å². The number of benzene rings is 1. The van der Waals surface area contributed by atoms with Gasteiger partial charge in [0.2, 0.25) is 0 Å². The van der Waals surface area contributed by atoms with Gasteiger partial charge in [0.05, 0.1) is 22.5 Å². The highest BCUT2D eigenvalue weighted by atomic mass is 35.5. The molecule has 0 saturated carbocycles. The average molecular weight is 383 g/mol. The summed E-state index contributed by atoms with van der Waals surface area (Å²) < 4.78 is 40.1. The van der Waals surface area contributed by atoms with Crippen molar-refractivity contribution < 1.29 is 18.0 Å². The number of hydrogen-bond acceptors (Lipinski definition) is 3. The largest absolute Gasteiger partial charge is 0.416 e. The quantitative estimate of drug-likeness (QED) is 0.628. The molecule has 1 N–H and O–H groups in total. The van der Waals surface area contributed by atoms with E-state index in [4.69, 9.17) is 11.6 Å². The molecule has 0 atom stereocenters. The van der Waals surface area contributed by atoms with Gasteiger partial charge in [0.25, 0.3) is 5.91 Å². The van der Waals surface area contributed by atoms with Crippen molar-refractivity contribution in [3.05, 3.63) is 51.8 Å². The molecular weight excluding hydrogens is 369 g/mol. The summed E-state index contributed by atoms with van der Waals surface area (Å²) in [6.07, 6.45) is -1.75. The molecule has 0 unspecified atom stereocenters. The maximum atomic E-state index is 12.8. The maximum Gasteiger partial charge on any atom is 0.416 e. The number of halogens is 4. The molecule has 2 aromatic rings. The third kappa shape index (κ3) is 4.24. The zero-order valence-corrected chi connectivity index (χ0v) is 14.6. The van der Waals surface area contributed by atoms with Crippen molar-refractivity contribution in [2.24, 2.45) is 0 Å². The molecule has 1 amide bonds. The number of nitriles is 1. The molecule has 1 aromatic heterocycles. The van der Waals surface area contributed by atoms with E-state index in [2.05, 4.69) is 10.4 Å². The average Bonchev–Trinajstić information content (AvgIpc) is 2.93. The molecule has 0 aliphatic carbocycles. The number of alkyl halides is 3. The Morgan fingerprint density at radius 2 is 2.15 bits per heavy atom. The predicted molar refractivity (Wildman–Crippen MR) is 91.3 cm³/mol. The number of nitrogens with one attached hydrogen (secondary N) is 1. The zero-order valence-electron chi connectivity index (χ0n) is 13.9. The lowest BCUT2D eigenvalue weighted by Gasteiger charge is -2.11. The van der Waals surface area contributed by atoms with E-state index in [0.717, 1.165) is 23.9 Å². The lowest BCUT2D eigenvalue weighted by Crippen LogP contribution is -2.15. The highest BCUT2D eigenvalue weighted by Crippen LogP contribution is 2.34. The van der Waals surface area contributed by atoms with Gasteiger partial charge in [0.15, 0.2) is 0 Å². The van der Waals surface area contributed by atoms with Gasteiger partial charge < -0.3 is 5.32 Å². The number of anilines is 1. The van der Waals surface area contributed by atoms with Crippen molar-refractivity contribution >= 4 is 29.3 Å². The topological polar surface area (TPSA) is 70.7 Å². The van der Waals surface area contributed by atoms with Crippen LogP contribution in [0.4, 0.5) is 18.9 Å². The fraction of sp³-hybridized carbons (Fsp3) is 0.235. The van der Waals surface area contributed by atoms with Crippen LogP contribution < -0.4 is 5.32 Å². The first kappa shape index (κ1) is 19.5.